The molecule has 0 saturated heterocycles. The zero-order valence-corrected chi connectivity index (χ0v) is 12.1. The number of hydrogen-bond donors (Lipinski definition) is 1. The van der Waals surface area contributed by atoms with Crippen LogP contribution < -0.4 is 5.32 Å². The highest BCUT2D eigenvalue weighted by Gasteiger charge is 2.08. The zero-order valence-electron chi connectivity index (χ0n) is 11.2. The van der Waals surface area contributed by atoms with Crippen molar-refractivity contribution in [3.63, 3.8) is 0 Å². The molecular formula is C15H20N2S. The molecule has 0 bridgehead atoms. The van der Waals surface area contributed by atoms with Gasteiger partial charge in [-0.15, -0.1) is 11.3 Å². The van der Waals surface area contributed by atoms with E-state index in [2.05, 4.69) is 49.3 Å². The van der Waals surface area contributed by atoms with Crippen molar-refractivity contribution in [2.24, 2.45) is 0 Å². The lowest BCUT2D eigenvalue weighted by molar-refractivity contribution is 0.573. The summed E-state index contributed by atoms with van der Waals surface area (Å²) in [5.74, 6) is 0. The van der Waals surface area contributed by atoms with Crippen LogP contribution in [-0.4, -0.2) is 4.98 Å². The zero-order chi connectivity index (χ0) is 13.0. The number of nitrogens with one attached hydrogen (secondary N) is 1. The third-order valence-corrected chi connectivity index (χ3v) is 4.31. The topological polar surface area (TPSA) is 24.9 Å². The largest absolute Gasteiger partial charge is 0.304 e. The van der Waals surface area contributed by atoms with E-state index in [1.54, 1.807) is 0 Å². The van der Waals surface area contributed by atoms with Crippen molar-refractivity contribution in [1.29, 1.82) is 0 Å². The van der Waals surface area contributed by atoms with Gasteiger partial charge in [0.2, 0.25) is 0 Å². The molecule has 2 heterocycles. The molecule has 0 aliphatic carbocycles. The predicted molar refractivity (Wildman–Crippen MR) is 77.9 cm³/mol. The smallest absolute Gasteiger partial charge is 0.0573 e. The molecule has 0 aromatic carbocycles. The van der Waals surface area contributed by atoms with Crippen LogP contribution in [0.4, 0.5) is 0 Å². The van der Waals surface area contributed by atoms with E-state index in [4.69, 9.17) is 0 Å². The van der Waals surface area contributed by atoms with Crippen LogP contribution in [0, 0.1) is 6.92 Å². The highest BCUT2D eigenvalue weighted by atomic mass is 32.1. The first-order valence-electron chi connectivity index (χ1n) is 6.43. The van der Waals surface area contributed by atoms with E-state index in [0.717, 1.165) is 13.0 Å². The summed E-state index contributed by atoms with van der Waals surface area (Å²) < 4.78 is 0. The highest BCUT2D eigenvalue weighted by Crippen LogP contribution is 2.22. The van der Waals surface area contributed by atoms with Crippen molar-refractivity contribution in [2.45, 2.75) is 39.8 Å². The molecule has 0 amide bonds. The van der Waals surface area contributed by atoms with Gasteiger partial charge in [-0.3, -0.25) is 4.98 Å². The lowest BCUT2D eigenvalue weighted by atomic mass is 10.1. The van der Waals surface area contributed by atoms with Crippen molar-refractivity contribution in [1.82, 2.24) is 10.3 Å². The molecule has 1 unspecified atom stereocenters. The van der Waals surface area contributed by atoms with Gasteiger partial charge in [-0.2, -0.15) is 0 Å². The van der Waals surface area contributed by atoms with Gasteiger partial charge in [0, 0.05) is 28.5 Å². The van der Waals surface area contributed by atoms with E-state index in [-0.39, 0.29) is 0 Å². The fourth-order valence-corrected chi connectivity index (χ4v) is 2.89. The van der Waals surface area contributed by atoms with Gasteiger partial charge in [-0.1, -0.05) is 13.0 Å². The van der Waals surface area contributed by atoms with Gasteiger partial charge in [0.1, 0.15) is 0 Å². The maximum absolute atomic E-state index is 4.46. The molecule has 0 fully saturated rings. The number of pyridine rings is 1. The van der Waals surface area contributed by atoms with E-state index in [0.29, 0.717) is 6.04 Å². The Kier molecular flexibility index (Phi) is 4.50. The third kappa shape index (κ3) is 3.18. The fraction of sp³-hybridized carbons (Fsp3) is 0.400. The van der Waals surface area contributed by atoms with Crippen LogP contribution in [0.25, 0.3) is 0 Å². The van der Waals surface area contributed by atoms with Gasteiger partial charge in [0.15, 0.2) is 0 Å². The molecule has 0 radical (unpaired) electrons. The first-order valence-corrected chi connectivity index (χ1v) is 7.25. The normalized spacial score (nSPS) is 12.6. The Bertz CT molecular complexity index is 505. The van der Waals surface area contributed by atoms with Crippen LogP contribution in [-0.2, 0) is 13.0 Å². The summed E-state index contributed by atoms with van der Waals surface area (Å²) in [7, 11) is 0. The maximum atomic E-state index is 4.46. The first-order chi connectivity index (χ1) is 8.70. The molecule has 96 valence electrons. The van der Waals surface area contributed by atoms with Crippen molar-refractivity contribution < 1.29 is 0 Å². The highest BCUT2D eigenvalue weighted by molar-refractivity contribution is 7.12. The van der Waals surface area contributed by atoms with Crippen molar-refractivity contribution in [2.75, 3.05) is 0 Å². The number of aryl methyl sites for hydroxylation is 2. The van der Waals surface area contributed by atoms with Crippen LogP contribution in [0.3, 0.4) is 0 Å². The van der Waals surface area contributed by atoms with E-state index >= 15 is 0 Å². The minimum atomic E-state index is 0.385. The Balaban J connectivity index is 1.99. The van der Waals surface area contributed by atoms with E-state index in [1.165, 1.54) is 21.0 Å². The maximum Gasteiger partial charge on any atom is 0.0573 e. The van der Waals surface area contributed by atoms with Gasteiger partial charge in [0.05, 0.1) is 5.69 Å². The first kappa shape index (κ1) is 13.2. The molecule has 2 aromatic rings. The van der Waals surface area contributed by atoms with Crippen LogP contribution in [0.5, 0.6) is 0 Å². The molecule has 2 nitrogen and oxygen atoms in total. The summed E-state index contributed by atoms with van der Waals surface area (Å²) in [6.07, 6.45) is 2.91. The number of aromatic nitrogens is 1. The van der Waals surface area contributed by atoms with Gasteiger partial charge in [0.25, 0.3) is 0 Å². The monoisotopic (exact) mass is 260 g/mol. The molecule has 2 rings (SSSR count). The molecule has 0 saturated carbocycles. The van der Waals surface area contributed by atoms with Crippen LogP contribution in [0.15, 0.2) is 30.5 Å². The van der Waals surface area contributed by atoms with Crippen molar-refractivity contribution >= 4 is 11.3 Å². The van der Waals surface area contributed by atoms with Crippen molar-refractivity contribution in [3.8, 4) is 0 Å². The molecule has 2 aromatic heterocycles. The summed E-state index contributed by atoms with van der Waals surface area (Å²) in [4.78, 5) is 7.22. The average molecular weight is 260 g/mol. The molecule has 0 aliphatic heterocycles. The minimum Gasteiger partial charge on any atom is -0.304 e. The molecule has 0 spiro atoms. The summed E-state index contributed by atoms with van der Waals surface area (Å²) in [6.45, 7) is 7.36. The molecule has 3 heteroatoms. The van der Waals surface area contributed by atoms with Gasteiger partial charge >= 0.3 is 0 Å². The van der Waals surface area contributed by atoms with Crippen LogP contribution >= 0.6 is 11.3 Å². The van der Waals surface area contributed by atoms with E-state index in [1.807, 2.05) is 23.6 Å². The van der Waals surface area contributed by atoms with E-state index < -0.39 is 0 Å². The Labute approximate surface area is 113 Å². The lowest BCUT2D eigenvalue weighted by Crippen LogP contribution is -2.18. The molecule has 1 atom stereocenters. The van der Waals surface area contributed by atoms with Crippen LogP contribution in [0.2, 0.25) is 0 Å². The third-order valence-electron chi connectivity index (χ3n) is 3.13. The van der Waals surface area contributed by atoms with E-state index in [9.17, 15) is 0 Å². The lowest BCUT2D eigenvalue weighted by Gasteiger charge is -2.13. The van der Waals surface area contributed by atoms with Crippen molar-refractivity contribution in [3.05, 3.63) is 51.5 Å². The number of rotatable bonds is 5. The second kappa shape index (κ2) is 6.12. The molecular weight excluding hydrogens is 240 g/mol. The second-order valence-corrected chi connectivity index (χ2v) is 5.83. The van der Waals surface area contributed by atoms with Gasteiger partial charge in [-0.05, 0) is 44.0 Å². The average Bonchev–Trinajstić information content (AvgIpc) is 2.83. The number of nitrogens with zero attached hydrogens (tertiary/aromatic N) is 1. The SMILES string of the molecule is CCc1cccnc1CNC(C)c1ccc(C)s1. The summed E-state index contributed by atoms with van der Waals surface area (Å²) in [6, 6.07) is 8.93. The number of thiophene rings is 1. The molecule has 18 heavy (non-hydrogen) atoms. The quantitative estimate of drug-likeness (QED) is 0.883. The summed E-state index contributed by atoms with van der Waals surface area (Å²) >= 11 is 1.86. The van der Waals surface area contributed by atoms with Gasteiger partial charge < -0.3 is 5.32 Å². The Morgan fingerprint density at radius 2 is 2.17 bits per heavy atom. The predicted octanol–water partition coefficient (Wildman–Crippen LogP) is 3.86. The second-order valence-electron chi connectivity index (χ2n) is 4.51. The number of hydrogen-bond acceptors (Lipinski definition) is 3. The molecule has 0 aliphatic rings. The van der Waals surface area contributed by atoms with Crippen LogP contribution in [0.1, 0.15) is 40.9 Å². The fourth-order valence-electron chi connectivity index (χ4n) is 1.99. The Hall–Kier alpha value is -1.19. The summed E-state index contributed by atoms with van der Waals surface area (Å²) in [5.41, 5.74) is 2.50. The Morgan fingerprint density at radius 1 is 1.33 bits per heavy atom. The minimum absolute atomic E-state index is 0.385. The Morgan fingerprint density at radius 3 is 2.83 bits per heavy atom. The molecule has 1 N–H and O–H groups in total. The standard InChI is InChI=1S/C15H20N2S/c1-4-13-6-5-9-16-14(13)10-17-12(3)15-8-7-11(2)18-15/h5-9,12,17H,4,10H2,1-3H3. The summed E-state index contributed by atoms with van der Waals surface area (Å²) in [5, 5.41) is 3.55. The van der Waals surface area contributed by atoms with Gasteiger partial charge in [-0.25, -0.2) is 0 Å².